The molecular weight excluding hydrogens is 505 g/mol. The van der Waals surface area contributed by atoms with Gasteiger partial charge in [-0.05, 0) is 87.4 Å². The van der Waals surface area contributed by atoms with Crippen LogP contribution in [-0.2, 0) is 0 Å². The third-order valence-electron chi connectivity index (χ3n) is 6.21. The van der Waals surface area contributed by atoms with E-state index in [0.29, 0.717) is 0 Å². The Morgan fingerprint density at radius 1 is 0.389 bits per heavy atom. The van der Waals surface area contributed by atoms with Crippen LogP contribution in [0.15, 0.2) is 122 Å². The molecule has 0 unspecified atom stereocenters. The normalized spacial score (nSPS) is 11.3. The lowest BCUT2D eigenvalue weighted by Gasteiger charge is -2.12. The molecule has 0 amide bonds. The molecule has 1 aromatic carbocycles. The van der Waals surface area contributed by atoms with Gasteiger partial charge < -0.3 is 13.3 Å². The van der Waals surface area contributed by atoms with Crippen LogP contribution in [0.25, 0.3) is 64.7 Å². The molecule has 0 aliphatic carbocycles. The van der Waals surface area contributed by atoms with Gasteiger partial charge in [-0.2, -0.15) is 0 Å². The minimum absolute atomic E-state index is 1.09. The number of hydrogen-bond acceptors (Lipinski definition) is 6. The summed E-state index contributed by atoms with van der Waals surface area (Å²) in [5, 5.41) is 6.44. The standard InChI is InChI=1S/C30H18O3S3/c1-7-31-16-19(1)25-4-10-34-28(25)22-13-23(29-26(5-11-35-29)20-2-8-32-17-20)15-24(14-22)30-27(6-12-36-30)21-3-9-33-18-21/h1-18H. The van der Waals surface area contributed by atoms with Crippen LogP contribution in [0.3, 0.4) is 0 Å². The summed E-state index contributed by atoms with van der Waals surface area (Å²) in [4.78, 5) is 3.67. The average molecular weight is 523 g/mol. The van der Waals surface area contributed by atoms with Gasteiger partial charge in [-0.3, -0.25) is 0 Å². The lowest BCUT2D eigenvalue weighted by molar-refractivity contribution is 0.568. The molecule has 174 valence electrons. The van der Waals surface area contributed by atoms with Crippen molar-refractivity contribution in [3.63, 3.8) is 0 Å². The van der Waals surface area contributed by atoms with E-state index in [0.717, 1.165) is 16.7 Å². The smallest absolute Gasteiger partial charge is 0.0981 e. The third kappa shape index (κ3) is 3.71. The van der Waals surface area contributed by atoms with Crippen LogP contribution in [0, 0.1) is 0 Å². The van der Waals surface area contributed by atoms with Gasteiger partial charge in [0, 0.05) is 48.0 Å². The van der Waals surface area contributed by atoms with Gasteiger partial charge in [-0.25, -0.2) is 0 Å². The number of rotatable bonds is 6. The van der Waals surface area contributed by atoms with E-state index < -0.39 is 0 Å². The van der Waals surface area contributed by atoms with E-state index in [-0.39, 0.29) is 0 Å². The molecule has 0 saturated heterocycles. The van der Waals surface area contributed by atoms with Gasteiger partial charge in [0.2, 0.25) is 0 Å². The van der Waals surface area contributed by atoms with E-state index in [4.69, 9.17) is 13.3 Å². The Kier molecular flexibility index (Phi) is 5.35. The quantitative estimate of drug-likeness (QED) is 0.218. The summed E-state index contributed by atoms with van der Waals surface area (Å²) in [6.45, 7) is 0. The number of furan rings is 3. The van der Waals surface area contributed by atoms with Crippen molar-refractivity contribution in [1.29, 1.82) is 0 Å². The zero-order chi connectivity index (χ0) is 23.9. The first kappa shape index (κ1) is 21.4. The van der Waals surface area contributed by atoms with E-state index >= 15 is 0 Å². The maximum Gasteiger partial charge on any atom is 0.0981 e. The van der Waals surface area contributed by atoms with Crippen molar-refractivity contribution in [3.05, 3.63) is 108 Å². The van der Waals surface area contributed by atoms with Crippen LogP contribution >= 0.6 is 34.0 Å². The van der Waals surface area contributed by atoms with Crippen molar-refractivity contribution in [3.8, 4) is 64.7 Å². The largest absolute Gasteiger partial charge is 0.472 e. The van der Waals surface area contributed by atoms with Gasteiger partial charge in [0.15, 0.2) is 0 Å². The fourth-order valence-electron chi connectivity index (χ4n) is 4.55. The van der Waals surface area contributed by atoms with Gasteiger partial charge >= 0.3 is 0 Å². The highest BCUT2D eigenvalue weighted by atomic mass is 32.1. The van der Waals surface area contributed by atoms with Crippen molar-refractivity contribution < 1.29 is 13.3 Å². The molecule has 0 atom stereocenters. The fourth-order valence-corrected chi connectivity index (χ4v) is 7.28. The molecule has 3 nitrogen and oxygen atoms in total. The molecule has 0 N–H and O–H groups in total. The second-order valence-corrected chi connectivity index (χ2v) is 11.1. The number of hydrogen-bond donors (Lipinski definition) is 0. The van der Waals surface area contributed by atoms with Crippen molar-refractivity contribution in [2.45, 2.75) is 0 Å². The highest BCUT2D eigenvalue weighted by molar-refractivity contribution is 7.15. The molecule has 0 spiro atoms. The van der Waals surface area contributed by atoms with Gasteiger partial charge in [0.1, 0.15) is 0 Å². The van der Waals surface area contributed by atoms with Gasteiger partial charge in [0.05, 0.1) is 37.6 Å². The van der Waals surface area contributed by atoms with Crippen LogP contribution in [-0.4, -0.2) is 0 Å². The Morgan fingerprint density at radius 3 is 1.00 bits per heavy atom. The summed E-state index contributed by atoms with van der Waals surface area (Å²) in [7, 11) is 0. The molecule has 0 bridgehead atoms. The lowest BCUT2D eigenvalue weighted by atomic mass is 9.96. The molecule has 6 aromatic heterocycles. The molecule has 36 heavy (non-hydrogen) atoms. The first-order valence-electron chi connectivity index (χ1n) is 11.3. The molecule has 0 aliphatic heterocycles. The van der Waals surface area contributed by atoms with E-state index in [9.17, 15) is 0 Å². The summed E-state index contributed by atoms with van der Waals surface area (Å²) in [6.07, 6.45) is 10.6. The van der Waals surface area contributed by atoms with Crippen LogP contribution in [0.2, 0.25) is 0 Å². The Hall–Kier alpha value is -3.84. The minimum Gasteiger partial charge on any atom is -0.472 e. The van der Waals surface area contributed by atoms with E-state index in [1.165, 1.54) is 48.0 Å². The molecular formula is C30H18O3S3. The topological polar surface area (TPSA) is 39.4 Å². The summed E-state index contributed by atoms with van der Waals surface area (Å²) in [6, 6.07) is 19.5. The number of benzene rings is 1. The molecule has 0 fully saturated rings. The van der Waals surface area contributed by atoms with Crippen molar-refractivity contribution in [1.82, 2.24) is 0 Å². The van der Waals surface area contributed by atoms with Crippen LogP contribution in [0.5, 0.6) is 0 Å². The fraction of sp³-hybridized carbons (Fsp3) is 0. The van der Waals surface area contributed by atoms with Crippen molar-refractivity contribution in [2.75, 3.05) is 0 Å². The first-order chi connectivity index (χ1) is 17.8. The Morgan fingerprint density at radius 2 is 0.722 bits per heavy atom. The summed E-state index contributed by atoms with van der Waals surface area (Å²) < 4.78 is 16.2. The monoisotopic (exact) mass is 522 g/mol. The second-order valence-electron chi connectivity index (χ2n) is 8.33. The predicted octanol–water partition coefficient (Wildman–Crippen LogP) is 10.7. The molecule has 6 heterocycles. The zero-order valence-corrected chi connectivity index (χ0v) is 21.3. The van der Waals surface area contributed by atoms with Crippen LogP contribution in [0.4, 0.5) is 0 Å². The third-order valence-corrected chi connectivity index (χ3v) is 9.10. The molecule has 7 aromatic rings. The van der Waals surface area contributed by atoms with Crippen molar-refractivity contribution in [2.24, 2.45) is 0 Å². The van der Waals surface area contributed by atoms with E-state index in [2.05, 4.69) is 52.5 Å². The maximum atomic E-state index is 5.40. The summed E-state index contributed by atoms with van der Waals surface area (Å²) in [5.74, 6) is 0. The predicted molar refractivity (Wildman–Crippen MR) is 149 cm³/mol. The summed E-state index contributed by atoms with van der Waals surface area (Å²) >= 11 is 5.26. The summed E-state index contributed by atoms with van der Waals surface area (Å²) in [5.41, 5.74) is 10.4. The Balaban J connectivity index is 1.45. The van der Waals surface area contributed by atoms with Gasteiger partial charge in [0.25, 0.3) is 0 Å². The SMILES string of the molecule is c1cc(-c2ccsc2-c2cc(-c3sccc3-c3ccoc3)cc(-c3sccc3-c3ccoc3)c2)co1. The molecule has 7 rings (SSSR count). The molecule has 0 radical (unpaired) electrons. The Bertz CT molecular complexity index is 1510. The zero-order valence-electron chi connectivity index (χ0n) is 18.8. The molecule has 6 heteroatoms. The maximum absolute atomic E-state index is 5.40. The van der Waals surface area contributed by atoms with Crippen LogP contribution < -0.4 is 0 Å². The first-order valence-corrected chi connectivity index (χ1v) is 14.0. The van der Waals surface area contributed by atoms with Gasteiger partial charge in [-0.15, -0.1) is 34.0 Å². The average Bonchev–Trinajstić information content (AvgIpc) is 3.76. The highest BCUT2D eigenvalue weighted by Crippen LogP contribution is 2.46. The lowest BCUT2D eigenvalue weighted by Crippen LogP contribution is -1.86. The van der Waals surface area contributed by atoms with Crippen LogP contribution in [0.1, 0.15) is 0 Å². The van der Waals surface area contributed by atoms with E-state index in [1.807, 2.05) is 37.0 Å². The minimum atomic E-state index is 1.09. The van der Waals surface area contributed by atoms with Gasteiger partial charge in [-0.1, -0.05) is 0 Å². The molecule has 0 aliphatic rings. The van der Waals surface area contributed by atoms with Crippen molar-refractivity contribution >= 4 is 34.0 Å². The van der Waals surface area contributed by atoms with E-state index in [1.54, 1.807) is 52.8 Å². The highest BCUT2D eigenvalue weighted by Gasteiger charge is 2.18. The second kappa shape index (κ2) is 8.99. The molecule has 0 saturated carbocycles. The Labute approximate surface area is 219 Å². The number of thiophene rings is 3.